The van der Waals surface area contributed by atoms with E-state index in [2.05, 4.69) is 206 Å². The Labute approximate surface area is 324 Å². The largest absolute Gasteiger partial charge is 0.0616 e. The van der Waals surface area contributed by atoms with Crippen molar-refractivity contribution in [1.29, 1.82) is 0 Å². The van der Waals surface area contributed by atoms with Crippen LogP contribution in [0.4, 0.5) is 0 Å². The smallest absolute Gasteiger partial charge is 0.00201 e. The van der Waals surface area contributed by atoms with E-state index in [4.69, 9.17) is 0 Å². The lowest BCUT2D eigenvalue weighted by Gasteiger charge is -2.20. The molecule has 0 atom stereocenters. The van der Waals surface area contributed by atoms with Gasteiger partial charge >= 0.3 is 0 Å². The topological polar surface area (TPSA) is 0 Å². The molecule has 0 heteroatoms. The SMILES string of the molecule is c1ccc2cc(-c3cc4ccc(-c5c6ccccc6c(-c6cccc7c6ccc6cc8ccccc8cc67)c6ccccc56)cc4c4ccccc34)ccc2c1. The van der Waals surface area contributed by atoms with Crippen molar-refractivity contribution in [3.05, 3.63) is 206 Å². The van der Waals surface area contributed by atoms with E-state index in [-0.39, 0.29) is 0 Å². The minimum Gasteiger partial charge on any atom is -0.0616 e. The zero-order valence-corrected chi connectivity index (χ0v) is 30.6. The van der Waals surface area contributed by atoms with Gasteiger partial charge in [0.1, 0.15) is 0 Å². The molecule has 0 aliphatic heterocycles. The molecule has 12 rings (SSSR count). The molecule has 0 saturated carbocycles. The lowest BCUT2D eigenvalue weighted by Crippen LogP contribution is -1.92. The summed E-state index contributed by atoms with van der Waals surface area (Å²) < 4.78 is 0. The Morgan fingerprint density at radius 3 is 1.36 bits per heavy atom. The Morgan fingerprint density at radius 2 is 0.643 bits per heavy atom. The van der Waals surface area contributed by atoms with Gasteiger partial charge in [0.2, 0.25) is 0 Å². The Kier molecular flexibility index (Phi) is 6.73. The third-order valence-electron chi connectivity index (χ3n) is 12.2. The van der Waals surface area contributed by atoms with Gasteiger partial charge in [-0.1, -0.05) is 176 Å². The first kappa shape index (κ1) is 31.1. The second-order valence-corrected chi connectivity index (χ2v) is 15.2. The van der Waals surface area contributed by atoms with Crippen LogP contribution in [-0.4, -0.2) is 0 Å². The van der Waals surface area contributed by atoms with Crippen LogP contribution in [0, 0.1) is 0 Å². The molecule has 258 valence electrons. The molecule has 0 nitrogen and oxygen atoms in total. The van der Waals surface area contributed by atoms with E-state index >= 15 is 0 Å². The number of fused-ring (bicyclic) bond motifs is 10. The van der Waals surface area contributed by atoms with Crippen LogP contribution in [0.15, 0.2) is 206 Å². The van der Waals surface area contributed by atoms with Crippen LogP contribution in [0.3, 0.4) is 0 Å². The summed E-state index contributed by atoms with van der Waals surface area (Å²) in [5, 5.41) is 20.3. The van der Waals surface area contributed by atoms with E-state index in [1.54, 1.807) is 0 Å². The molecule has 0 heterocycles. The molecule has 0 amide bonds. The van der Waals surface area contributed by atoms with Crippen LogP contribution in [0.2, 0.25) is 0 Å². The predicted octanol–water partition coefficient (Wildman–Crippen LogP) is 15.9. The van der Waals surface area contributed by atoms with E-state index in [0.29, 0.717) is 0 Å². The first-order chi connectivity index (χ1) is 27.8. The second kappa shape index (κ2) is 12.1. The number of hydrogen-bond acceptors (Lipinski definition) is 0. The molecule has 0 N–H and O–H groups in total. The molecular formula is C56H34. The summed E-state index contributed by atoms with van der Waals surface area (Å²) in [6.45, 7) is 0. The second-order valence-electron chi connectivity index (χ2n) is 15.2. The molecule has 0 aliphatic rings. The Balaban J connectivity index is 1.10. The molecule has 0 aliphatic carbocycles. The first-order valence-corrected chi connectivity index (χ1v) is 19.5. The summed E-state index contributed by atoms with van der Waals surface area (Å²) in [5.41, 5.74) is 7.58. The highest BCUT2D eigenvalue weighted by Crippen LogP contribution is 2.47. The Bertz CT molecular complexity index is 3530. The minimum absolute atomic E-state index is 1.23. The molecule has 0 unspecified atom stereocenters. The van der Waals surface area contributed by atoms with Crippen LogP contribution < -0.4 is 0 Å². The molecule has 12 aromatic carbocycles. The van der Waals surface area contributed by atoms with Gasteiger partial charge in [-0.25, -0.2) is 0 Å². The van der Waals surface area contributed by atoms with Gasteiger partial charge in [-0.15, -0.1) is 0 Å². The van der Waals surface area contributed by atoms with E-state index in [1.165, 1.54) is 120 Å². The van der Waals surface area contributed by atoms with Crippen LogP contribution >= 0.6 is 0 Å². The fraction of sp³-hybridized carbons (Fsp3) is 0. The van der Waals surface area contributed by atoms with Crippen LogP contribution in [0.25, 0.3) is 120 Å². The maximum atomic E-state index is 2.43. The molecule has 56 heavy (non-hydrogen) atoms. The normalized spacial score (nSPS) is 11.9. The monoisotopic (exact) mass is 706 g/mol. The van der Waals surface area contributed by atoms with Crippen molar-refractivity contribution in [1.82, 2.24) is 0 Å². The summed E-state index contributed by atoms with van der Waals surface area (Å²) >= 11 is 0. The van der Waals surface area contributed by atoms with Gasteiger partial charge in [-0.3, -0.25) is 0 Å². The maximum absolute atomic E-state index is 2.43. The zero-order chi connectivity index (χ0) is 36.7. The van der Waals surface area contributed by atoms with Crippen molar-refractivity contribution < 1.29 is 0 Å². The van der Waals surface area contributed by atoms with Crippen LogP contribution in [-0.2, 0) is 0 Å². The van der Waals surface area contributed by atoms with Crippen molar-refractivity contribution in [3.63, 3.8) is 0 Å². The molecule has 0 spiro atoms. The molecule has 0 bridgehead atoms. The van der Waals surface area contributed by atoms with Crippen molar-refractivity contribution in [2.24, 2.45) is 0 Å². The van der Waals surface area contributed by atoms with Gasteiger partial charge < -0.3 is 0 Å². The van der Waals surface area contributed by atoms with E-state index in [1.807, 2.05) is 0 Å². The summed E-state index contributed by atoms with van der Waals surface area (Å²) in [4.78, 5) is 0. The number of hydrogen-bond donors (Lipinski definition) is 0. The van der Waals surface area contributed by atoms with Gasteiger partial charge in [0, 0.05) is 0 Å². The fourth-order valence-electron chi connectivity index (χ4n) is 9.58. The molecule has 0 radical (unpaired) electrons. The van der Waals surface area contributed by atoms with Gasteiger partial charge in [0.15, 0.2) is 0 Å². The van der Waals surface area contributed by atoms with E-state index in [9.17, 15) is 0 Å². The zero-order valence-electron chi connectivity index (χ0n) is 30.6. The van der Waals surface area contributed by atoms with Crippen molar-refractivity contribution >= 4 is 86.2 Å². The Morgan fingerprint density at radius 1 is 0.179 bits per heavy atom. The summed E-state index contributed by atoms with van der Waals surface area (Å²) in [7, 11) is 0. The van der Waals surface area contributed by atoms with Gasteiger partial charge in [0.05, 0.1) is 0 Å². The quantitative estimate of drug-likeness (QED) is 0.127. The fourth-order valence-corrected chi connectivity index (χ4v) is 9.58. The summed E-state index contributed by atoms with van der Waals surface area (Å²) in [6.07, 6.45) is 0. The lowest BCUT2D eigenvalue weighted by molar-refractivity contribution is 1.68. The van der Waals surface area contributed by atoms with Gasteiger partial charge in [0.25, 0.3) is 0 Å². The van der Waals surface area contributed by atoms with Crippen molar-refractivity contribution in [2.75, 3.05) is 0 Å². The number of benzene rings is 12. The minimum atomic E-state index is 1.23. The highest BCUT2D eigenvalue weighted by molar-refractivity contribution is 6.26. The summed E-state index contributed by atoms with van der Waals surface area (Å²) in [5.74, 6) is 0. The van der Waals surface area contributed by atoms with E-state index in [0.717, 1.165) is 0 Å². The lowest BCUT2D eigenvalue weighted by atomic mass is 9.83. The maximum Gasteiger partial charge on any atom is -0.00201 e. The first-order valence-electron chi connectivity index (χ1n) is 19.5. The number of rotatable bonds is 3. The highest BCUT2D eigenvalue weighted by Gasteiger charge is 2.19. The Hall–Kier alpha value is -7.28. The third-order valence-corrected chi connectivity index (χ3v) is 12.2. The third kappa shape index (κ3) is 4.66. The average Bonchev–Trinajstić information content (AvgIpc) is 3.26. The van der Waals surface area contributed by atoms with Crippen molar-refractivity contribution in [3.8, 4) is 33.4 Å². The van der Waals surface area contributed by atoms with Gasteiger partial charge in [-0.2, -0.15) is 0 Å². The van der Waals surface area contributed by atoms with Gasteiger partial charge in [-0.05, 0) is 150 Å². The van der Waals surface area contributed by atoms with Crippen LogP contribution in [0.5, 0.6) is 0 Å². The molecule has 0 aromatic heterocycles. The molecule has 0 fully saturated rings. The molecular weight excluding hydrogens is 673 g/mol. The molecule has 12 aromatic rings. The molecule has 0 saturated heterocycles. The predicted molar refractivity (Wildman–Crippen MR) is 243 cm³/mol. The average molecular weight is 707 g/mol. The van der Waals surface area contributed by atoms with Crippen LogP contribution in [0.1, 0.15) is 0 Å². The summed E-state index contributed by atoms with van der Waals surface area (Å²) in [6, 6.07) is 76.8. The highest BCUT2D eigenvalue weighted by atomic mass is 14.2. The van der Waals surface area contributed by atoms with E-state index < -0.39 is 0 Å². The standard InChI is InChI=1S/C56H34/c1-2-13-36-30-39(25-24-35(36)12-1)53-33-41-26-27-42(34-54(41)44-17-6-5-16-43(44)53)55-48-18-7-9-20-50(48)56(51-21-10-8-19-49(51)55)47-23-11-22-45-46(47)29-28-40-31-37-14-3-4-15-38(37)32-52(40)45/h1-34H. The van der Waals surface area contributed by atoms with Crippen molar-refractivity contribution in [2.45, 2.75) is 0 Å².